The van der Waals surface area contributed by atoms with Gasteiger partial charge in [-0.1, -0.05) is 6.07 Å². The van der Waals surface area contributed by atoms with E-state index < -0.39 is 0 Å². The molecule has 1 atom stereocenters. The van der Waals surface area contributed by atoms with Crippen LogP contribution in [-0.4, -0.2) is 25.7 Å². The molecular weight excluding hydrogens is 203 g/mol. The molecule has 0 saturated carbocycles. The summed E-state index contributed by atoms with van der Waals surface area (Å²) in [6.45, 7) is 5.13. The van der Waals surface area contributed by atoms with Gasteiger partial charge in [0.1, 0.15) is 5.82 Å². The maximum Gasteiger partial charge on any atom is 0.123 e. The van der Waals surface area contributed by atoms with Crippen molar-refractivity contribution >= 4 is 0 Å². The Morgan fingerprint density at radius 2 is 2.38 bits per heavy atom. The molecule has 0 aliphatic carbocycles. The highest BCUT2D eigenvalue weighted by molar-refractivity contribution is 5.26. The van der Waals surface area contributed by atoms with E-state index in [4.69, 9.17) is 0 Å². The van der Waals surface area contributed by atoms with Crippen LogP contribution in [0.25, 0.3) is 0 Å². The Balaban J connectivity index is 1.80. The largest absolute Gasteiger partial charge is 0.315 e. The fraction of sp³-hybridized carbons (Fsp3) is 0.538. The summed E-state index contributed by atoms with van der Waals surface area (Å²) < 4.78 is 12.9. The quantitative estimate of drug-likeness (QED) is 0.809. The highest BCUT2D eigenvalue weighted by Crippen LogP contribution is 2.10. The molecule has 0 aromatic heterocycles. The van der Waals surface area contributed by atoms with Crippen LogP contribution < -0.4 is 10.6 Å². The van der Waals surface area contributed by atoms with Crippen molar-refractivity contribution in [2.75, 3.05) is 19.6 Å². The maximum atomic E-state index is 12.9. The lowest BCUT2D eigenvalue weighted by Crippen LogP contribution is -2.32. The van der Waals surface area contributed by atoms with Crippen LogP contribution in [0.4, 0.5) is 4.39 Å². The first-order valence-corrected chi connectivity index (χ1v) is 5.95. The van der Waals surface area contributed by atoms with Crippen LogP contribution in [0.15, 0.2) is 18.2 Å². The first-order chi connectivity index (χ1) is 7.75. The molecule has 1 aliphatic heterocycles. The van der Waals surface area contributed by atoms with Gasteiger partial charge >= 0.3 is 0 Å². The lowest BCUT2D eigenvalue weighted by atomic mass is 10.1. The maximum absolute atomic E-state index is 12.9. The van der Waals surface area contributed by atoms with Crippen LogP contribution in [-0.2, 0) is 6.42 Å². The van der Waals surface area contributed by atoms with E-state index in [0.717, 1.165) is 31.6 Å². The zero-order valence-electron chi connectivity index (χ0n) is 9.72. The van der Waals surface area contributed by atoms with Crippen LogP contribution in [0.1, 0.15) is 17.5 Å². The molecule has 1 fully saturated rings. The first-order valence-electron chi connectivity index (χ1n) is 5.95. The summed E-state index contributed by atoms with van der Waals surface area (Å²) in [5.74, 6) is -0.144. The van der Waals surface area contributed by atoms with Gasteiger partial charge in [-0.15, -0.1) is 0 Å². The fourth-order valence-corrected chi connectivity index (χ4v) is 2.18. The highest BCUT2D eigenvalue weighted by Gasteiger charge is 2.12. The number of aryl methyl sites for hydroxylation is 1. The minimum atomic E-state index is -0.144. The van der Waals surface area contributed by atoms with Crippen molar-refractivity contribution in [2.45, 2.75) is 25.8 Å². The van der Waals surface area contributed by atoms with E-state index in [1.165, 1.54) is 12.0 Å². The third-order valence-electron chi connectivity index (χ3n) is 3.19. The van der Waals surface area contributed by atoms with E-state index in [1.807, 2.05) is 13.0 Å². The van der Waals surface area contributed by atoms with Crippen LogP contribution in [0.5, 0.6) is 0 Å². The van der Waals surface area contributed by atoms with E-state index in [1.54, 1.807) is 12.1 Å². The van der Waals surface area contributed by atoms with Gasteiger partial charge in [0.05, 0.1) is 0 Å². The lowest BCUT2D eigenvalue weighted by Gasteiger charge is -2.12. The van der Waals surface area contributed by atoms with Crippen molar-refractivity contribution in [3.63, 3.8) is 0 Å². The van der Waals surface area contributed by atoms with Crippen LogP contribution in [0.3, 0.4) is 0 Å². The van der Waals surface area contributed by atoms with Crippen molar-refractivity contribution in [1.29, 1.82) is 0 Å². The Labute approximate surface area is 96.2 Å². The van der Waals surface area contributed by atoms with Crippen molar-refractivity contribution in [2.24, 2.45) is 0 Å². The number of halogens is 1. The first kappa shape index (κ1) is 11.6. The van der Waals surface area contributed by atoms with E-state index in [2.05, 4.69) is 10.6 Å². The predicted octanol–water partition coefficient (Wildman–Crippen LogP) is 1.63. The van der Waals surface area contributed by atoms with Crippen molar-refractivity contribution < 1.29 is 4.39 Å². The topological polar surface area (TPSA) is 24.1 Å². The molecule has 2 rings (SSSR count). The molecule has 1 unspecified atom stereocenters. The van der Waals surface area contributed by atoms with Crippen LogP contribution >= 0.6 is 0 Å². The average Bonchev–Trinajstić information content (AvgIpc) is 2.74. The summed E-state index contributed by atoms with van der Waals surface area (Å²) in [5, 5.41) is 6.84. The molecule has 3 heteroatoms. The Kier molecular flexibility index (Phi) is 3.91. The van der Waals surface area contributed by atoms with E-state index in [-0.39, 0.29) is 5.82 Å². The molecule has 2 N–H and O–H groups in total. The van der Waals surface area contributed by atoms with E-state index in [0.29, 0.717) is 6.04 Å². The molecule has 1 heterocycles. The van der Waals surface area contributed by atoms with Gasteiger partial charge in [0.15, 0.2) is 0 Å². The lowest BCUT2D eigenvalue weighted by molar-refractivity contribution is 0.549. The fourth-order valence-electron chi connectivity index (χ4n) is 2.18. The highest BCUT2D eigenvalue weighted by atomic mass is 19.1. The molecule has 0 bridgehead atoms. The average molecular weight is 222 g/mol. The monoisotopic (exact) mass is 222 g/mol. The van der Waals surface area contributed by atoms with Gasteiger partial charge < -0.3 is 10.6 Å². The number of benzene rings is 1. The van der Waals surface area contributed by atoms with Crippen molar-refractivity contribution in [3.05, 3.63) is 35.1 Å². The number of hydrogen-bond acceptors (Lipinski definition) is 2. The summed E-state index contributed by atoms with van der Waals surface area (Å²) in [6, 6.07) is 5.64. The smallest absolute Gasteiger partial charge is 0.123 e. The van der Waals surface area contributed by atoms with Crippen molar-refractivity contribution in [3.8, 4) is 0 Å². The summed E-state index contributed by atoms with van der Waals surface area (Å²) in [5.41, 5.74) is 2.28. The summed E-state index contributed by atoms with van der Waals surface area (Å²) in [7, 11) is 0. The molecule has 0 spiro atoms. The minimum absolute atomic E-state index is 0.144. The SMILES string of the molecule is Cc1cc(F)ccc1CCNC1CCNC1. The number of nitrogens with one attached hydrogen (secondary N) is 2. The second kappa shape index (κ2) is 5.41. The predicted molar refractivity (Wildman–Crippen MR) is 64.1 cm³/mol. The standard InChI is InChI=1S/C13H19FN2/c1-10-8-12(14)3-2-11(10)4-7-16-13-5-6-15-9-13/h2-3,8,13,15-16H,4-7,9H2,1H3. The molecule has 1 aromatic rings. The summed E-state index contributed by atoms with van der Waals surface area (Å²) in [6.07, 6.45) is 2.19. The minimum Gasteiger partial charge on any atom is -0.315 e. The third kappa shape index (κ3) is 3.03. The van der Waals surface area contributed by atoms with Gasteiger partial charge in [-0.05, 0) is 56.1 Å². The zero-order chi connectivity index (χ0) is 11.4. The second-order valence-electron chi connectivity index (χ2n) is 4.46. The van der Waals surface area contributed by atoms with Gasteiger partial charge in [-0.3, -0.25) is 0 Å². The van der Waals surface area contributed by atoms with Gasteiger partial charge in [0.25, 0.3) is 0 Å². The molecule has 1 aliphatic rings. The molecule has 88 valence electrons. The third-order valence-corrected chi connectivity index (χ3v) is 3.19. The molecular formula is C13H19FN2. The molecule has 0 radical (unpaired) electrons. The Morgan fingerprint density at radius 1 is 1.50 bits per heavy atom. The molecule has 16 heavy (non-hydrogen) atoms. The molecule has 2 nitrogen and oxygen atoms in total. The second-order valence-corrected chi connectivity index (χ2v) is 4.46. The van der Waals surface area contributed by atoms with Gasteiger partial charge in [-0.2, -0.15) is 0 Å². The molecule has 0 amide bonds. The van der Waals surface area contributed by atoms with Crippen LogP contribution in [0.2, 0.25) is 0 Å². The van der Waals surface area contributed by atoms with E-state index in [9.17, 15) is 4.39 Å². The Bertz CT molecular complexity index is 346. The Hall–Kier alpha value is -0.930. The Morgan fingerprint density at radius 3 is 3.06 bits per heavy atom. The molecule has 1 saturated heterocycles. The van der Waals surface area contributed by atoms with Gasteiger partial charge in [0, 0.05) is 12.6 Å². The summed E-state index contributed by atoms with van der Waals surface area (Å²) in [4.78, 5) is 0. The summed E-state index contributed by atoms with van der Waals surface area (Å²) >= 11 is 0. The zero-order valence-corrected chi connectivity index (χ0v) is 9.72. The molecule has 1 aromatic carbocycles. The van der Waals surface area contributed by atoms with E-state index >= 15 is 0 Å². The van der Waals surface area contributed by atoms with Crippen LogP contribution in [0, 0.1) is 12.7 Å². The van der Waals surface area contributed by atoms with Crippen molar-refractivity contribution in [1.82, 2.24) is 10.6 Å². The van der Waals surface area contributed by atoms with Gasteiger partial charge in [-0.25, -0.2) is 4.39 Å². The number of hydrogen-bond donors (Lipinski definition) is 2. The van der Waals surface area contributed by atoms with Gasteiger partial charge in [0.2, 0.25) is 0 Å². The normalized spacial score (nSPS) is 20.2. The number of rotatable bonds is 4.